The molecule has 0 unspecified atom stereocenters. The van der Waals surface area contributed by atoms with E-state index in [1.54, 1.807) is 12.1 Å². The van der Waals surface area contributed by atoms with Crippen molar-refractivity contribution in [1.82, 2.24) is 0 Å². The number of hydrogen-bond acceptors (Lipinski definition) is 3. The molecule has 1 aromatic carbocycles. The van der Waals surface area contributed by atoms with Crippen LogP contribution in [0.5, 0.6) is 0 Å². The normalized spacial score (nSPS) is 11.5. The first kappa shape index (κ1) is 15.3. The van der Waals surface area contributed by atoms with Crippen LogP contribution >= 0.6 is 28.3 Å². The van der Waals surface area contributed by atoms with Crippen LogP contribution in [0.1, 0.15) is 18.0 Å². The Bertz CT molecular complexity index is 376. The lowest BCUT2D eigenvalue weighted by molar-refractivity contribution is -0.141. The molecule has 16 heavy (non-hydrogen) atoms. The minimum atomic E-state index is -0.675. The fourth-order valence-electron chi connectivity index (χ4n) is 1.18. The number of carbonyl (C=O) groups excluding carboxylic acids is 1. The Kier molecular flexibility index (Phi) is 6.55. The first-order valence-corrected chi connectivity index (χ1v) is 5.11. The first-order chi connectivity index (χ1) is 7.04. The molecule has 0 aliphatic heterocycles. The van der Waals surface area contributed by atoms with E-state index < -0.39 is 17.8 Å². The van der Waals surface area contributed by atoms with Crippen molar-refractivity contribution in [3.8, 4) is 0 Å². The van der Waals surface area contributed by atoms with Crippen molar-refractivity contribution in [2.45, 2.75) is 12.5 Å². The average molecular weight is 313 g/mol. The molecule has 0 bridgehead atoms. The Morgan fingerprint density at radius 2 is 2.25 bits per heavy atom. The van der Waals surface area contributed by atoms with Gasteiger partial charge in [0.2, 0.25) is 0 Å². The molecule has 0 aliphatic carbocycles. The summed E-state index contributed by atoms with van der Waals surface area (Å²) in [5.74, 6) is -0.884. The maximum absolute atomic E-state index is 13.4. The van der Waals surface area contributed by atoms with Gasteiger partial charge in [0, 0.05) is 16.1 Å². The monoisotopic (exact) mass is 311 g/mol. The standard InChI is InChI=1S/C10H11BrFNO2.ClH/c1-15-10(14)5-9(13)7-3-2-6(11)4-8(7)12;/h2-4,9H,5,13H2,1H3;1H/t9-;/m0./s1. The largest absolute Gasteiger partial charge is 0.469 e. The number of hydrogen-bond donors (Lipinski definition) is 1. The third kappa shape index (κ3) is 4.08. The zero-order valence-corrected chi connectivity index (χ0v) is 11.0. The fourth-order valence-corrected chi connectivity index (χ4v) is 1.51. The molecule has 0 spiro atoms. The Morgan fingerprint density at radius 1 is 1.62 bits per heavy atom. The molecule has 6 heteroatoms. The quantitative estimate of drug-likeness (QED) is 0.873. The number of nitrogens with two attached hydrogens (primary N) is 1. The van der Waals surface area contributed by atoms with Crippen LogP contribution in [0.15, 0.2) is 22.7 Å². The predicted molar refractivity (Wildman–Crippen MR) is 64.9 cm³/mol. The number of methoxy groups -OCH3 is 1. The second-order valence-corrected chi connectivity index (χ2v) is 3.97. The molecular weight excluding hydrogens is 300 g/mol. The highest BCUT2D eigenvalue weighted by Gasteiger charge is 2.15. The van der Waals surface area contributed by atoms with E-state index in [0.29, 0.717) is 10.0 Å². The van der Waals surface area contributed by atoms with Crippen molar-refractivity contribution in [3.05, 3.63) is 34.1 Å². The average Bonchev–Trinajstić information content (AvgIpc) is 2.17. The minimum Gasteiger partial charge on any atom is -0.469 e. The van der Waals surface area contributed by atoms with E-state index in [1.165, 1.54) is 13.2 Å². The molecule has 0 amide bonds. The van der Waals surface area contributed by atoms with E-state index in [9.17, 15) is 9.18 Å². The second kappa shape index (κ2) is 6.83. The number of benzene rings is 1. The van der Waals surface area contributed by atoms with Crippen molar-refractivity contribution >= 4 is 34.3 Å². The van der Waals surface area contributed by atoms with E-state index in [1.807, 2.05) is 0 Å². The molecule has 0 saturated heterocycles. The zero-order chi connectivity index (χ0) is 11.4. The number of ether oxygens (including phenoxy) is 1. The lowest BCUT2D eigenvalue weighted by Gasteiger charge is -2.11. The molecule has 0 fully saturated rings. The minimum absolute atomic E-state index is 0. The van der Waals surface area contributed by atoms with Crippen molar-refractivity contribution < 1.29 is 13.9 Å². The van der Waals surface area contributed by atoms with Gasteiger partial charge in [0.1, 0.15) is 5.82 Å². The summed E-state index contributed by atoms with van der Waals surface area (Å²) in [6.07, 6.45) is -0.0327. The van der Waals surface area contributed by atoms with Crippen molar-refractivity contribution in [1.29, 1.82) is 0 Å². The van der Waals surface area contributed by atoms with Crippen LogP contribution in [0.2, 0.25) is 0 Å². The summed E-state index contributed by atoms with van der Waals surface area (Å²) in [7, 11) is 1.27. The highest BCUT2D eigenvalue weighted by Crippen LogP contribution is 2.21. The van der Waals surface area contributed by atoms with Crippen molar-refractivity contribution in [3.63, 3.8) is 0 Å². The van der Waals surface area contributed by atoms with Crippen molar-refractivity contribution in [2.24, 2.45) is 5.73 Å². The summed E-state index contributed by atoms with van der Waals surface area (Å²) in [5, 5.41) is 0. The summed E-state index contributed by atoms with van der Waals surface area (Å²) in [6.45, 7) is 0. The molecular formula is C10H12BrClFNO2. The Labute approximate surface area is 108 Å². The van der Waals surface area contributed by atoms with Gasteiger partial charge < -0.3 is 10.5 Å². The molecule has 0 aromatic heterocycles. The van der Waals surface area contributed by atoms with E-state index in [0.717, 1.165) is 0 Å². The van der Waals surface area contributed by atoms with Gasteiger partial charge >= 0.3 is 5.97 Å². The van der Waals surface area contributed by atoms with Gasteiger partial charge in [0.25, 0.3) is 0 Å². The summed E-state index contributed by atoms with van der Waals surface area (Å²) in [6, 6.07) is 3.86. The molecule has 2 N–H and O–H groups in total. The predicted octanol–water partition coefficient (Wildman–Crippen LogP) is 2.57. The van der Waals surface area contributed by atoms with E-state index in [2.05, 4.69) is 20.7 Å². The maximum atomic E-state index is 13.4. The third-order valence-corrected chi connectivity index (χ3v) is 2.47. The topological polar surface area (TPSA) is 52.3 Å². The Morgan fingerprint density at radius 3 is 2.75 bits per heavy atom. The Hall–Kier alpha value is -0.650. The molecule has 0 radical (unpaired) electrons. The molecule has 0 aliphatic rings. The van der Waals surface area contributed by atoms with Gasteiger partial charge in [-0.1, -0.05) is 22.0 Å². The molecule has 1 aromatic rings. The third-order valence-electron chi connectivity index (χ3n) is 1.98. The van der Waals surface area contributed by atoms with Crippen LogP contribution in [0.3, 0.4) is 0 Å². The van der Waals surface area contributed by atoms with E-state index in [4.69, 9.17) is 5.73 Å². The first-order valence-electron chi connectivity index (χ1n) is 4.32. The van der Waals surface area contributed by atoms with Gasteiger partial charge in [-0.2, -0.15) is 0 Å². The van der Waals surface area contributed by atoms with Crippen LogP contribution in [0.25, 0.3) is 0 Å². The van der Waals surface area contributed by atoms with Crippen LogP contribution in [0.4, 0.5) is 4.39 Å². The lowest BCUT2D eigenvalue weighted by atomic mass is 10.0. The number of carbonyl (C=O) groups is 1. The maximum Gasteiger partial charge on any atom is 0.307 e. The van der Waals surface area contributed by atoms with E-state index >= 15 is 0 Å². The van der Waals surface area contributed by atoms with Crippen LogP contribution in [-0.2, 0) is 9.53 Å². The van der Waals surface area contributed by atoms with Crippen LogP contribution in [-0.4, -0.2) is 13.1 Å². The molecule has 90 valence electrons. The number of halogens is 3. The van der Waals surface area contributed by atoms with Crippen molar-refractivity contribution in [2.75, 3.05) is 7.11 Å². The van der Waals surface area contributed by atoms with Gasteiger partial charge in [-0.25, -0.2) is 4.39 Å². The summed E-state index contributed by atoms with van der Waals surface area (Å²) in [4.78, 5) is 10.9. The van der Waals surface area contributed by atoms with Gasteiger partial charge in [0.15, 0.2) is 0 Å². The summed E-state index contributed by atoms with van der Waals surface area (Å²) >= 11 is 3.14. The van der Waals surface area contributed by atoms with Crippen LogP contribution < -0.4 is 5.73 Å². The second-order valence-electron chi connectivity index (χ2n) is 3.05. The Balaban J connectivity index is 0.00000225. The molecule has 0 heterocycles. The van der Waals surface area contributed by atoms with Gasteiger partial charge in [0.05, 0.1) is 13.5 Å². The molecule has 3 nitrogen and oxygen atoms in total. The smallest absolute Gasteiger partial charge is 0.307 e. The van der Waals surface area contributed by atoms with Crippen LogP contribution in [0, 0.1) is 5.82 Å². The highest BCUT2D eigenvalue weighted by atomic mass is 79.9. The van der Waals surface area contributed by atoms with Gasteiger partial charge in [-0.15, -0.1) is 12.4 Å². The number of rotatable bonds is 3. The molecule has 1 atom stereocenters. The summed E-state index contributed by atoms with van der Waals surface area (Å²) < 4.78 is 18.5. The molecule has 0 saturated carbocycles. The van der Waals surface area contributed by atoms with E-state index in [-0.39, 0.29) is 18.8 Å². The lowest BCUT2D eigenvalue weighted by Crippen LogP contribution is -2.17. The molecule has 1 rings (SSSR count). The fraction of sp³-hybridized carbons (Fsp3) is 0.300. The number of esters is 1. The SMILES string of the molecule is COC(=O)C[C@H](N)c1ccc(Br)cc1F.Cl. The highest BCUT2D eigenvalue weighted by molar-refractivity contribution is 9.10. The van der Waals surface area contributed by atoms with Gasteiger partial charge in [-0.05, 0) is 12.1 Å². The van der Waals surface area contributed by atoms with Gasteiger partial charge in [-0.3, -0.25) is 4.79 Å². The summed E-state index contributed by atoms with van der Waals surface area (Å²) in [5.41, 5.74) is 5.98. The zero-order valence-electron chi connectivity index (χ0n) is 8.57.